The molecule has 4 heteroatoms. The van der Waals surface area contributed by atoms with E-state index in [1.165, 1.54) is 19.3 Å². The molecule has 0 amide bonds. The highest BCUT2D eigenvalue weighted by Crippen LogP contribution is 2.31. The summed E-state index contributed by atoms with van der Waals surface area (Å²) in [6, 6.07) is 1.40. The van der Waals surface area contributed by atoms with Crippen LogP contribution >= 0.6 is 0 Å². The zero-order chi connectivity index (χ0) is 13.9. The highest BCUT2D eigenvalue weighted by atomic mass is 19.1. The van der Waals surface area contributed by atoms with Crippen LogP contribution in [0.25, 0.3) is 0 Å². The van der Waals surface area contributed by atoms with Crippen molar-refractivity contribution in [1.82, 2.24) is 10.2 Å². The fourth-order valence-corrected chi connectivity index (χ4v) is 3.70. The number of rotatable bonds is 4. The molecule has 0 radical (unpaired) electrons. The van der Waals surface area contributed by atoms with Crippen molar-refractivity contribution in [2.45, 2.75) is 76.2 Å². The summed E-state index contributed by atoms with van der Waals surface area (Å²) in [5.74, 6) is 0. The van der Waals surface area contributed by atoms with Gasteiger partial charge in [-0.1, -0.05) is 26.7 Å². The van der Waals surface area contributed by atoms with Crippen LogP contribution in [-0.4, -0.2) is 53.5 Å². The van der Waals surface area contributed by atoms with E-state index in [1.54, 1.807) is 0 Å². The molecule has 1 saturated carbocycles. The van der Waals surface area contributed by atoms with Crippen molar-refractivity contribution in [2.75, 3.05) is 19.7 Å². The van der Waals surface area contributed by atoms with E-state index in [1.807, 2.05) is 0 Å². The molecule has 0 unspecified atom stereocenters. The normalized spacial score (nSPS) is 37.7. The maximum absolute atomic E-state index is 14.4. The lowest BCUT2D eigenvalue weighted by atomic mass is 9.85. The Kier molecular flexibility index (Phi) is 5.21. The molecule has 2 fully saturated rings. The smallest absolute Gasteiger partial charge is 0.146 e. The van der Waals surface area contributed by atoms with Crippen LogP contribution in [0.4, 0.5) is 4.39 Å². The molecule has 0 aromatic heterocycles. The largest absolute Gasteiger partial charge is 0.393 e. The Bertz CT molecular complexity index is 287. The minimum absolute atomic E-state index is 0.335. The predicted molar refractivity (Wildman–Crippen MR) is 76.0 cm³/mol. The quantitative estimate of drug-likeness (QED) is 0.822. The van der Waals surface area contributed by atoms with E-state index in [0.29, 0.717) is 31.1 Å². The SMILES string of the molecule is CC(C)N[C@H]1CCCC[C@@H]1N1CCC[C@](F)(CO)C1. The molecule has 0 aromatic carbocycles. The summed E-state index contributed by atoms with van der Waals surface area (Å²) >= 11 is 0. The lowest BCUT2D eigenvalue weighted by Crippen LogP contribution is -2.58. The average molecular weight is 272 g/mol. The Hall–Kier alpha value is -0.190. The summed E-state index contributed by atoms with van der Waals surface area (Å²) in [6.07, 6.45) is 6.24. The van der Waals surface area contributed by atoms with Crippen LogP contribution in [0.2, 0.25) is 0 Å². The lowest BCUT2D eigenvalue weighted by Gasteiger charge is -2.46. The number of nitrogens with zero attached hydrogens (tertiary/aromatic N) is 1. The van der Waals surface area contributed by atoms with Crippen LogP contribution in [0.15, 0.2) is 0 Å². The Labute approximate surface area is 116 Å². The number of hydrogen-bond donors (Lipinski definition) is 2. The topological polar surface area (TPSA) is 35.5 Å². The van der Waals surface area contributed by atoms with Gasteiger partial charge in [-0.3, -0.25) is 4.90 Å². The second-order valence-corrected chi connectivity index (χ2v) is 6.66. The van der Waals surface area contributed by atoms with Gasteiger partial charge < -0.3 is 10.4 Å². The molecule has 2 rings (SSSR count). The summed E-state index contributed by atoms with van der Waals surface area (Å²) in [7, 11) is 0. The van der Waals surface area contributed by atoms with Crippen molar-refractivity contribution in [3.05, 3.63) is 0 Å². The molecular weight excluding hydrogens is 243 g/mol. The van der Waals surface area contributed by atoms with Crippen molar-refractivity contribution in [3.8, 4) is 0 Å². The van der Waals surface area contributed by atoms with Gasteiger partial charge in [-0.15, -0.1) is 0 Å². The van der Waals surface area contributed by atoms with Gasteiger partial charge in [0.2, 0.25) is 0 Å². The summed E-state index contributed by atoms with van der Waals surface area (Å²) < 4.78 is 14.4. The summed E-state index contributed by atoms with van der Waals surface area (Å²) in [4.78, 5) is 2.29. The lowest BCUT2D eigenvalue weighted by molar-refractivity contribution is -0.0282. The fraction of sp³-hybridized carbons (Fsp3) is 1.00. The van der Waals surface area contributed by atoms with E-state index in [-0.39, 0.29) is 6.61 Å². The van der Waals surface area contributed by atoms with Crippen LogP contribution in [-0.2, 0) is 0 Å². The fourth-order valence-electron chi connectivity index (χ4n) is 3.70. The summed E-state index contributed by atoms with van der Waals surface area (Å²) in [5, 5.41) is 12.9. The minimum Gasteiger partial charge on any atom is -0.393 e. The number of aliphatic hydroxyl groups excluding tert-OH is 1. The van der Waals surface area contributed by atoms with Crippen molar-refractivity contribution in [1.29, 1.82) is 0 Å². The molecule has 2 aliphatic rings. The number of piperidine rings is 1. The van der Waals surface area contributed by atoms with Gasteiger partial charge in [-0.2, -0.15) is 0 Å². The van der Waals surface area contributed by atoms with Gasteiger partial charge in [0.15, 0.2) is 0 Å². The molecule has 0 aromatic rings. The van der Waals surface area contributed by atoms with Crippen molar-refractivity contribution in [2.24, 2.45) is 0 Å². The van der Waals surface area contributed by atoms with Crippen LogP contribution in [0.5, 0.6) is 0 Å². The molecule has 112 valence electrons. The van der Waals surface area contributed by atoms with E-state index in [2.05, 4.69) is 24.1 Å². The molecule has 1 aliphatic heterocycles. The highest BCUT2D eigenvalue weighted by Gasteiger charge is 2.40. The van der Waals surface area contributed by atoms with Gasteiger partial charge in [0.1, 0.15) is 5.67 Å². The van der Waals surface area contributed by atoms with Gasteiger partial charge >= 0.3 is 0 Å². The second-order valence-electron chi connectivity index (χ2n) is 6.66. The monoisotopic (exact) mass is 272 g/mol. The van der Waals surface area contributed by atoms with Crippen molar-refractivity contribution >= 4 is 0 Å². The highest BCUT2D eigenvalue weighted by molar-refractivity contribution is 4.95. The second kappa shape index (κ2) is 6.51. The van der Waals surface area contributed by atoms with Crippen LogP contribution in [0, 0.1) is 0 Å². The number of likely N-dealkylation sites (tertiary alicyclic amines) is 1. The first kappa shape index (κ1) is 15.2. The number of halogens is 1. The molecule has 3 atom stereocenters. The molecule has 0 bridgehead atoms. The Balaban J connectivity index is 2.00. The van der Waals surface area contributed by atoms with Gasteiger partial charge in [0, 0.05) is 24.7 Å². The number of aliphatic hydroxyl groups is 1. The molecule has 0 spiro atoms. The van der Waals surface area contributed by atoms with Crippen molar-refractivity contribution < 1.29 is 9.50 Å². The Morgan fingerprint density at radius 3 is 2.74 bits per heavy atom. The predicted octanol–water partition coefficient (Wildman–Crippen LogP) is 2.09. The first-order valence-electron chi connectivity index (χ1n) is 7.84. The number of hydrogen-bond acceptors (Lipinski definition) is 3. The number of alkyl halides is 1. The molecule has 2 N–H and O–H groups in total. The maximum atomic E-state index is 14.4. The van der Waals surface area contributed by atoms with E-state index in [0.717, 1.165) is 19.4 Å². The van der Waals surface area contributed by atoms with Crippen LogP contribution in [0.3, 0.4) is 0 Å². The third-order valence-electron chi connectivity index (χ3n) is 4.59. The molecule has 1 saturated heterocycles. The molecule has 1 aliphatic carbocycles. The number of nitrogens with one attached hydrogen (secondary N) is 1. The van der Waals surface area contributed by atoms with Crippen LogP contribution in [0.1, 0.15) is 52.4 Å². The standard InChI is InChI=1S/C15H29FN2O/c1-12(2)17-13-6-3-4-7-14(13)18-9-5-8-15(16,10-18)11-19/h12-14,17,19H,3-11H2,1-2H3/t13-,14-,15+/m0/s1. The maximum Gasteiger partial charge on any atom is 0.146 e. The Morgan fingerprint density at radius 1 is 1.32 bits per heavy atom. The zero-order valence-corrected chi connectivity index (χ0v) is 12.4. The molecular formula is C15H29FN2O. The van der Waals surface area contributed by atoms with Gasteiger partial charge in [0.25, 0.3) is 0 Å². The van der Waals surface area contributed by atoms with Gasteiger partial charge in [0.05, 0.1) is 6.61 Å². The van der Waals surface area contributed by atoms with E-state index in [9.17, 15) is 9.50 Å². The average Bonchev–Trinajstić information content (AvgIpc) is 2.39. The first-order chi connectivity index (χ1) is 9.04. The third kappa shape index (κ3) is 3.89. The molecule has 19 heavy (non-hydrogen) atoms. The van der Waals surface area contributed by atoms with Crippen LogP contribution < -0.4 is 5.32 Å². The first-order valence-corrected chi connectivity index (χ1v) is 7.84. The van der Waals surface area contributed by atoms with E-state index >= 15 is 0 Å². The van der Waals surface area contributed by atoms with Crippen molar-refractivity contribution in [3.63, 3.8) is 0 Å². The van der Waals surface area contributed by atoms with E-state index in [4.69, 9.17) is 0 Å². The minimum atomic E-state index is -1.38. The van der Waals surface area contributed by atoms with Gasteiger partial charge in [-0.05, 0) is 32.2 Å². The third-order valence-corrected chi connectivity index (χ3v) is 4.59. The molecule has 1 heterocycles. The Morgan fingerprint density at radius 2 is 2.05 bits per heavy atom. The molecule has 3 nitrogen and oxygen atoms in total. The van der Waals surface area contributed by atoms with Gasteiger partial charge in [-0.25, -0.2) is 4.39 Å². The summed E-state index contributed by atoms with van der Waals surface area (Å²) in [5.41, 5.74) is -1.38. The zero-order valence-electron chi connectivity index (χ0n) is 12.4. The summed E-state index contributed by atoms with van der Waals surface area (Å²) in [6.45, 7) is 5.40. The van der Waals surface area contributed by atoms with E-state index < -0.39 is 5.67 Å².